The number of benzene rings is 1. The summed E-state index contributed by atoms with van der Waals surface area (Å²) in [6.45, 7) is 6.05. The number of nitrogens with zero attached hydrogens (tertiary/aromatic N) is 1. The summed E-state index contributed by atoms with van der Waals surface area (Å²) in [5, 5.41) is 0.789. The molecule has 0 unspecified atom stereocenters. The number of likely N-dealkylation sites (tertiary alicyclic amines) is 1. The Kier molecular flexibility index (Phi) is 4.08. The van der Waals surface area contributed by atoms with Crippen molar-refractivity contribution in [3.05, 3.63) is 28.8 Å². The highest BCUT2D eigenvalue weighted by Gasteiger charge is 2.14. The molecular formula is C13H18ClNO. The van der Waals surface area contributed by atoms with Gasteiger partial charge in [-0.1, -0.05) is 11.6 Å². The van der Waals surface area contributed by atoms with Gasteiger partial charge in [0.2, 0.25) is 0 Å². The van der Waals surface area contributed by atoms with Crippen molar-refractivity contribution in [2.24, 2.45) is 0 Å². The fourth-order valence-corrected chi connectivity index (χ4v) is 2.34. The second kappa shape index (κ2) is 5.55. The van der Waals surface area contributed by atoms with Crippen molar-refractivity contribution in [1.29, 1.82) is 0 Å². The van der Waals surface area contributed by atoms with Crippen molar-refractivity contribution in [3.8, 4) is 5.75 Å². The van der Waals surface area contributed by atoms with E-state index in [0.29, 0.717) is 6.61 Å². The molecule has 0 amide bonds. The largest absolute Gasteiger partial charge is 0.494 e. The Morgan fingerprint density at radius 1 is 1.31 bits per heavy atom. The van der Waals surface area contributed by atoms with Gasteiger partial charge in [-0.05, 0) is 51.1 Å². The van der Waals surface area contributed by atoms with Gasteiger partial charge in [-0.15, -0.1) is 0 Å². The zero-order valence-electron chi connectivity index (χ0n) is 9.71. The highest BCUT2D eigenvalue weighted by molar-refractivity contribution is 6.30. The lowest BCUT2D eigenvalue weighted by atomic mass is 10.2. The van der Waals surface area contributed by atoms with Gasteiger partial charge in [-0.3, -0.25) is 4.90 Å². The summed E-state index contributed by atoms with van der Waals surface area (Å²) >= 11 is 6.03. The van der Waals surface area contributed by atoms with Gasteiger partial charge in [-0.25, -0.2) is 0 Å². The van der Waals surface area contributed by atoms with Crippen LogP contribution in [0, 0.1) is 0 Å². The van der Waals surface area contributed by atoms with Crippen molar-refractivity contribution in [3.63, 3.8) is 0 Å². The molecule has 1 fully saturated rings. The van der Waals surface area contributed by atoms with Crippen molar-refractivity contribution < 1.29 is 4.74 Å². The molecule has 0 spiro atoms. The molecule has 1 aromatic rings. The van der Waals surface area contributed by atoms with Gasteiger partial charge in [0.05, 0.1) is 6.61 Å². The number of halogens is 1. The van der Waals surface area contributed by atoms with Crippen molar-refractivity contribution in [2.45, 2.75) is 26.3 Å². The second-order valence-corrected chi connectivity index (χ2v) is 4.60. The van der Waals surface area contributed by atoms with Crippen molar-refractivity contribution in [2.75, 3.05) is 19.7 Å². The minimum Gasteiger partial charge on any atom is -0.494 e. The van der Waals surface area contributed by atoms with E-state index < -0.39 is 0 Å². The van der Waals surface area contributed by atoms with Crippen LogP contribution in [0.4, 0.5) is 0 Å². The fourth-order valence-electron chi connectivity index (χ4n) is 2.15. The molecule has 16 heavy (non-hydrogen) atoms. The second-order valence-electron chi connectivity index (χ2n) is 4.17. The molecule has 0 aliphatic carbocycles. The van der Waals surface area contributed by atoms with Crippen LogP contribution in [0.2, 0.25) is 5.02 Å². The minimum absolute atomic E-state index is 0.703. The molecule has 1 aliphatic heterocycles. The van der Waals surface area contributed by atoms with Gasteiger partial charge in [-0.2, -0.15) is 0 Å². The summed E-state index contributed by atoms with van der Waals surface area (Å²) in [5.74, 6) is 0.971. The first-order valence-corrected chi connectivity index (χ1v) is 6.31. The topological polar surface area (TPSA) is 12.5 Å². The van der Waals surface area contributed by atoms with E-state index in [2.05, 4.69) is 4.90 Å². The van der Waals surface area contributed by atoms with Gasteiger partial charge < -0.3 is 4.74 Å². The van der Waals surface area contributed by atoms with Gasteiger partial charge in [0.25, 0.3) is 0 Å². The summed E-state index contributed by atoms with van der Waals surface area (Å²) in [4.78, 5) is 2.45. The Morgan fingerprint density at radius 2 is 2.06 bits per heavy atom. The van der Waals surface area contributed by atoms with Crippen LogP contribution >= 0.6 is 11.6 Å². The van der Waals surface area contributed by atoms with E-state index in [1.807, 2.05) is 25.1 Å². The smallest absolute Gasteiger partial charge is 0.123 e. The Balaban J connectivity index is 2.12. The molecule has 1 saturated heterocycles. The van der Waals surface area contributed by atoms with Crippen LogP contribution in [0.15, 0.2) is 18.2 Å². The van der Waals surface area contributed by atoms with Crippen LogP contribution in [0.5, 0.6) is 5.75 Å². The third kappa shape index (κ3) is 2.89. The average molecular weight is 240 g/mol. The number of rotatable bonds is 4. The Labute approximate surface area is 102 Å². The Bertz CT molecular complexity index is 348. The predicted molar refractivity (Wildman–Crippen MR) is 67.1 cm³/mol. The van der Waals surface area contributed by atoms with Crippen LogP contribution in [-0.4, -0.2) is 24.6 Å². The zero-order chi connectivity index (χ0) is 11.4. The standard InChI is InChI=1S/C13H18ClNO/c1-2-16-13-6-5-12(14)9-11(13)10-15-7-3-4-8-15/h5-6,9H,2-4,7-8,10H2,1H3. The number of hydrogen-bond acceptors (Lipinski definition) is 2. The van der Waals surface area contributed by atoms with Crippen LogP contribution in [0.1, 0.15) is 25.3 Å². The van der Waals surface area contributed by atoms with Crippen molar-refractivity contribution >= 4 is 11.6 Å². The Morgan fingerprint density at radius 3 is 2.75 bits per heavy atom. The lowest BCUT2D eigenvalue weighted by Crippen LogP contribution is -2.18. The third-order valence-corrected chi connectivity index (χ3v) is 3.15. The molecule has 0 saturated carbocycles. The lowest BCUT2D eigenvalue weighted by molar-refractivity contribution is 0.305. The molecule has 0 N–H and O–H groups in total. The first-order chi connectivity index (χ1) is 7.79. The highest BCUT2D eigenvalue weighted by Crippen LogP contribution is 2.25. The maximum Gasteiger partial charge on any atom is 0.123 e. The predicted octanol–water partition coefficient (Wildman–Crippen LogP) is 3.33. The molecule has 0 aromatic heterocycles. The van der Waals surface area contributed by atoms with E-state index in [0.717, 1.165) is 17.3 Å². The van der Waals surface area contributed by atoms with Crippen LogP contribution in [0.3, 0.4) is 0 Å². The summed E-state index contributed by atoms with van der Waals surface area (Å²) < 4.78 is 5.62. The number of hydrogen-bond donors (Lipinski definition) is 0. The molecule has 1 heterocycles. The molecule has 2 rings (SSSR count). The molecule has 1 aliphatic rings. The monoisotopic (exact) mass is 239 g/mol. The van der Waals surface area contributed by atoms with E-state index in [4.69, 9.17) is 16.3 Å². The lowest BCUT2D eigenvalue weighted by Gasteiger charge is -2.17. The summed E-state index contributed by atoms with van der Waals surface area (Å²) in [6.07, 6.45) is 2.62. The van der Waals surface area contributed by atoms with Gasteiger partial charge in [0, 0.05) is 17.1 Å². The van der Waals surface area contributed by atoms with E-state index in [1.165, 1.54) is 31.5 Å². The van der Waals surface area contributed by atoms with Gasteiger partial charge >= 0.3 is 0 Å². The average Bonchev–Trinajstić information content (AvgIpc) is 2.75. The summed E-state index contributed by atoms with van der Waals surface area (Å²) in [6, 6.07) is 5.88. The summed E-state index contributed by atoms with van der Waals surface area (Å²) in [7, 11) is 0. The van der Waals surface area contributed by atoms with E-state index in [-0.39, 0.29) is 0 Å². The maximum atomic E-state index is 6.03. The van der Waals surface area contributed by atoms with E-state index >= 15 is 0 Å². The summed E-state index contributed by atoms with van der Waals surface area (Å²) in [5.41, 5.74) is 1.20. The molecular weight excluding hydrogens is 222 g/mol. The quantitative estimate of drug-likeness (QED) is 0.799. The SMILES string of the molecule is CCOc1ccc(Cl)cc1CN1CCCC1. The fraction of sp³-hybridized carbons (Fsp3) is 0.538. The normalized spacial score (nSPS) is 16.6. The van der Waals surface area contributed by atoms with Crippen LogP contribution in [0.25, 0.3) is 0 Å². The van der Waals surface area contributed by atoms with Crippen LogP contribution < -0.4 is 4.74 Å². The Hall–Kier alpha value is -0.730. The molecule has 3 heteroatoms. The molecule has 1 aromatic carbocycles. The molecule has 0 radical (unpaired) electrons. The van der Waals surface area contributed by atoms with E-state index in [1.54, 1.807) is 0 Å². The van der Waals surface area contributed by atoms with Crippen LogP contribution in [-0.2, 0) is 6.54 Å². The molecule has 88 valence electrons. The molecule has 0 bridgehead atoms. The minimum atomic E-state index is 0.703. The van der Waals surface area contributed by atoms with Gasteiger partial charge in [0.15, 0.2) is 0 Å². The van der Waals surface area contributed by atoms with Crippen molar-refractivity contribution in [1.82, 2.24) is 4.90 Å². The van der Waals surface area contributed by atoms with Gasteiger partial charge in [0.1, 0.15) is 5.75 Å². The zero-order valence-corrected chi connectivity index (χ0v) is 10.5. The third-order valence-electron chi connectivity index (χ3n) is 2.92. The molecule has 2 nitrogen and oxygen atoms in total. The maximum absolute atomic E-state index is 6.03. The highest BCUT2D eigenvalue weighted by atomic mass is 35.5. The molecule has 0 atom stereocenters. The first-order valence-electron chi connectivity index (χ1n) is 5.93. The number of ether oxygens (including phenoxy) is 1. The van der Waals surface area contributed by atoms with E-state index in [9.17, 15) is 0 Å². The first kappa shape index (κ1) is 11.7.